The molecule has 0 aliphatic heterocycles. The van der Waals surface area contributed by atoms with E-state index in [1.165, 1.54) is 29.6 Å². The van der Waals surface area contributed by atoms with Crippen LogP contribution in [0.25, 0.3) is 0 Å². The number of hydrogen-bond acceptors (Lipinski definition) is 1. The molecule has 0 saturated heterocycles. The van der Waals surface area contributed by atoms with Crippen molar-refractivity contribution in [3.8, 4) is 0 Å². The first-order chi connectivity index (χ1) is 7.74. The van der Waals surface area contributed by atoms with Crippen LogP contribution in [0.2, 0.25) is 0 Å². The molecule has 0 heterocycles. The van der Waals surface area contributed by atoms with Crippen LogP contribution in [0.3, 0.4) is 0 Å². The highest BCUT2D eigenvalue weighted by Crippen LogP contribution is 2.89. The molecular formula is C15H20S. The topological polar surface area (TPSA) is 0 Å². The second-order valence-electron chi connectivity index (χ2n) is 8.06. The van der Waals surface area contributed by atoms with Gasteiger partial charge >= 0.3 is 0 Å². The summed E-state index contributed by atoms with van der Waals surface area (Å²) < 4.78 is 0. The molecule has 0 spiro atoms. The van der Waals surface area contributed by atoms with E-state index >= 15 is 0 Å². The van der Waals surface area contributed by atoms with E-state index in [-0.39, 0.29) is 0 Å². The largest absolute Gasteiger partial charge is 0.175 e. The summed E-state index contributed by atoms with van der Waals surface area (Å²) in [5.41, 5.74) is 0.703. The maximum absolute atomic E-state index is 5.04. The van der Waals surface area contributed by atoms with Crippen LogP contribution in [0.1, 0.15) is 26.2 Å². The molecule has 16 heavy (non-hydrogen) atoms. The minimum Gasteiger partial charge on any atom is -0.175 e. The van der Waals surface area contributed by atoms with Gasteiger partial charge in [-0.1, -0.05) is 6.92 Å². The zero-order valence-corrected chi connectivity index (χ0v) is 10.7. The summed E-state index contributed by atoms with van der Waals surface area (Å²) in [5.74, 6) is 10.4. The van der Waals surface area contributed by atoms with E-state index in [0.717, 1.165) is 28.9 Å². The fourth-order valence-electron chi connectivity index (χ4n) is 7.96. The van der Waals surface area contributed by atoms with Crippen LogP contribution in [-0.2, 0) is 0 Å². The molecule has 0 amide bonds. The molecule has 0 aromatic carbocycles. The van der Waals surface area contributed by atoms with Crippen LogP contribution in [-0.4, -0.2) is 5.25 Å². The van der Waals surface area contributed by atoms with Crippen molar-refractivity contribution in [2.24, 2.45) is 58.7 Å². The van der Waals surface area contributed by atoms with Gasteiger partial charge in [-0.15, -0.1) is 0 Å². The van der Waals surface area contributed by atoms with Gasteiger partial charge in [-0.25, -0.2) is 0 Å². The van der Waals surface area contributed by atoms with Gasteiger partial charge < -0.3 is 0 Å². The summed E-state index contributed by atoms with van der Waals surface area (Å²) in [6, 6.07) is 0. The molecule has 6 fully saturated rings. The highest BCUT2D eigenvalue weighted by atomic mass is 32.1. The maximum Gasteiger partial charge on any atom is 0.0110 e. The van der Waals surface area contributed by atoms with Crippen LogP contribution in [0.4, 0.5) is 0 Å². The van der Waals surface area contributed by atoms with E-state index < -0.39 is 0 Å². The lowest BCUT2D eigenvalue weighted by molar-refractivity contribution is -0.399. The minimum atomic E-state index is 0.703. The normalized spacial score (nSPS) is 84.4. The third-order valence-electron chi connectivity index (χ3n) is 8.59. The SMILES string of the molecule is C[C@@]12C3CC4C5C6CCC6C5C(C1C43)[C@H]2S. The summed E-state index contributed by atoms with van der Waals surface area (Å²) in [5, 5.41) is 0.786. The van der Waals surface area contributed by atoms with Crippen molar-refractivity contribution in [1.29, 1.82) is 0 Å². The number of thiol groups is 1. The highest BCUT2D eigenvalue weighted by Gasteiger charge is 2.85. The Morgan fingerprint density at radius 3 is 2.44 bits per heavy atom. The fourth-order valence-corrected chi connectivity index (χ4v) is 8.71. The lowest BCUT2D eigenvalue weighted by Gasteiger charge is -2.90. The molecule has 0 N–H and O–H groups in total. The lowest BCUT2D eigenvalue weighted by Crippen LogP contribution is -2.87. The summed E-state index contributed by atoms with van der Waals surface area (Å²) in [4.78, 5) is 0. The third kappa shape index (κ3) is 0.502. The van der Waals surface area contributed by atoms with Crippen LogP contribution in [0, 0.1) is 58.7 Å². The minimum absolute atomic E-state index is 0.703. The number of fused-ring (bicyclic) bond motifs is 7. The molecule has 6 aliphatic carbocycles. The first kappa shape index (κ1) is 8.45. The average Bonchev–Trinajstić information content (AvgIpc) is 2.20. The lowest BCUT2D eigenvalue weighted by atomic mass is 9.16. The Bertz CT molecular complexity index is 412. The summed E-state index contributed by atoms with van der Waals surface area (Å²) >= 11 is 5.04. The molecule has 0 aromatic heterocycles. The first-order valence-corrected chi connectivity index (χ1v) is 7.94. The Labute approximate surface area is 103 Å². The van der Waals surface area contributed by atoms with E-state index in [1.54, 1.807) is 19.3 Å². The van der Waals surface area contributed by atoms with Gasteiger partial charge in [0.2, 0.25) is 0 Å². The predicted octanol–water partition coefficient (Wildman–Crippen LogP) is 3.09. The molecule has 86 valence electrons. The molecule has 9 unspecified atom stereocenters. The molecule has 6 rings (SSSR count). The summed E-state index contributed by atoms with van der Waals surface area (Å²) in [7, 11) is 0. The Morgan fingerprint density at radius 1 is 0.938 bits per heavy atom. The molecule has 6 aliphatic rings. The van der Waals surface area contributed by atoms with Gasteiger partial charge in [0, 0.05) is 5.25 Å². The number of rotatable bonds is 0. The van der Waals surface area contributed by atoms with Crippen molar-refractivity contribution in [2.75, 3.05) is 0 Å². The van der Waals surface area contributed by atoms with E-state index in [1.807, 2.05) is 0 Å². The van der Waals surface area contributed by atoms with Gasteiger partial charge in [-0.05, 0) is 77.9 Å². The first-order valence-electron chi connectivity index (χ1n) is 7.42. The van der Waals surface area contributed by atoms with E-state index in [0.29, 0.717) is 5.41 Å². The quantitative estimate of drug-likeness (QED) is 0.610. The Hall–Kier alpha value is 0.350. The van der Waals surface area contributed by atoms with Gasteiger partial charge in [-0.3, -0.25) is 0 Å². The van der Waals surface area contributed by atoms with Crippen molar-refractivity contribution in [3.63, 3.8) is 0 Å². The smallest absolute Gasteiger partial charge is 0.0110 e. The van der Waals surface area contributed by atoms with Gasteiger partial charge in [0.1, 0.15) is 0 Å². The van der Waals surface area contributed by atoms with E-state index in [4.69, 9.17) is 12.6 Å². The molecule has 0 bridgehead atoms. The van der Waals surface area contributed by atoms with Gasteiger partial charge in [0.15, 0.2) is 0 Å². The second kappa shape index (κ2) is 2.04. The van der Waals surface area contributed by atoms with Gasteiger partial charge in [0.05, 0.1) is 0 Å². The average molecular weight is 232 g/mol. The second-order valence-corrected chi connectivity index (χ2v) is 8.61. The predicted molar refractivity (Wildman–Crippen MR) is 66.1 cm³/mol. The van der Waals surface area contributed by atoms with Crippen molar-refractivity contribution >= 4 is 12.6 Å². The molecule has 0 nitrogen and oxygen atoms in total. The Morgan fingerprint density at radius 2 is 1.69 bits per heavy atom. The third-order valence-corrected chi connectivity index (χ3v) is 9.49. The van der Waals surface area contributed by atoms with Crippen molar-refractivity contribution in [2.45, 2.75) is 31.4 Å². The van der Waals surface area contributed by atoms with Crippen molar-refractivity contribution in [3.05, 3.63) is 0 Å². The number of hydrogen-bond donors (Lipinski definition) is 1. The Kier molecular flexibility index (Phi) is 1.08. The zero-order valence-electron chi connectivity index (χ0n) is 9.84. The maximum atomic E-state index is 5.04. The van der Waals surface area contributed by atoms with Crippen LogP contribution < -0.4 is 0 Å². The molecule has 1 heteroatoms. The summed E-state index contributed by atoms with van der Waals surface area (Å²) in [6.07, 6.45) is 4.77. The fraction of sp³-hybridized carbons (Fsp3) is 1.00. The van der Waals surface area contributed by atoms with Gasteiger partial charge in [-0.2, -0.15) is 12.6 Å². The van der Waals surface area contributed by atoms with Crippen LogP contribution in [0.5, 0.6) is 0 Å². The molecule has 0 aromatic rings. The van der Waals surface area contributed by atoms with Crippen molar-refractivity contribution in [1.82, 2.24) is 0 Å². The zero-order chi connectivity index (χ0) is 10.4. The van der Waals surface area contributed by atoms with Gasteiger partial charge in [0.25, 0.3) is 0 Å². The summed E-state index contributed by atoms with van der Waals surface area (Å²) in [6.45, 7) is 2.57. The standard InChI is InChI=1S/C15H20S/c1-15-8-4-7-9-5-2-3-6(5)11(9)12(14(15)16)13(15)10(7)8/h5-14,16H,2-4H2,1H3/t5?,6?,7?,8?,9?,10?,11?,12?,13?,14-,15-/m1/s1. The molecule has 11 atom stereocenters. The van der Waals surface area contributed by atoms with Crippen LogP contribution in [0.15, 0.2) is 0 Å². The van der Waals surface area contributed by atoms with Crippen LogP contribution >= 0.6 is 12.6 Å². The highest BCUT2D eigenvalue weighted by molar-refractivity contribution is 7.81. The van der Waals surface area contributed by atoms with E-state index in [9.17, 15) is 0 Å². The Balaban J connectivity index is 1.49. The monoisotopic (exact) mass is 232 g/mol. The van der Waals surface area contributed by atoms with E-state index in [2.05, 4.69) is 6.92 Å². The van der Waals surface area contributed by atoms with Crippen molar-refractivity contribution < 1.29 is 0 Å². The molecule has 0 radical (unpaired) electrons. The molecule has 6 saturated carbocycles. The molecular weight excluding hydrogens is 212 g/mol.